The molecule has 0 saturated carbocycles. The van der Waals surface area contributed by atoms with Crippen LogP contribution in [0.1, 0.15) is 22.6 Å². The molecule has 2 amide bonds. The van der Waals surface area contributed by atoms with Crippen molar-refractivity contribution in [1.29, 1.82) is 0 Å². The maximum absolute atomic E-state index is 13.2. The Labute approximate surface area is 263 Å². The summed E-state index contributed by atoms with van der Waals surface area (Å²) in [6, 6.07) is 46.3. The molecule has 8 heteroatoms. The van der Waals surface area contributed by atoms with Crippen LogP contribution in [0, 0.1) is 0 Å². The number of carbonyl (C=O) groups is 2. The number of nitrogens with zero attached hydrogens (tertiary/aromatic N) is 1. The molecule has 0 bridgehead atoms. The molecule has 5 rings (SSSR count). The molecule has 3 N–H and O–H groups in total. The van der Waals surface area contributed by atoms with Crippen LogP contribution in [0.2, 0.25) is 0 Å². The van der Waals surface area contributed by atoms with Crippen LogP contribution in [0.15, 0.2) is 146 Å². The van der Waals surface area contributed by atoms with Crippen LogP contribution in [0.4, 0.5) is 26.7 Å². The normalized spacial score (nSPS) is 11.1. The van der Waals surface area contributed by atoms with Crippen LogP contribution < -0.4 is 21.1 Å². The van der Waals surface area contributed by atoms with Gasteiger partial charge in [-0.3, -0.25) is 0 Å². The molecular weight excluding hydrogens is 564 g/mol. The molecular formula is C37H36N4O4. The lowest BCUT2D eigenvalue weighted by molar-refractivity contribution is 0.126. The van der Waals surface area contributed by atoms with Crippen LogP contribution in [-0.2, 0) is 22.7 Å². The number of hydrogen-bond acceptors (Lipinski definition) is 6. The highest BCUT2D eigenvalue weighted by Crippen LogP contribution is 2.22. The molecule has 0 heterocycles. The fraction of sp³-hybridized carbons (Fsp3) is 0.135. The van der Waals surface area contributed by atoms with Gasteiger partial charge in [0, 0.05) is 30.4 Å². The van der Waals surface area contributed by atoms with Crippen molar-refractivity contribution in [3.05, 3.63) is 162 Å². The van der Waals surface area contributed by atoms with E-state index in [4.69, 9.17) is 9.47 Å². The first-order chi connectivity index (χ1) is 22.1. The van der Waals surface area contributed by atoms with Crippen LogP contribution in [0.3, 0.4) is 0 Å². The Hall–Kier alpha value is -5.76. The Kier molecular flexibility index (Phi) is 11.0. The zero-order valence-electron chi connectivity index (χ0n) is 24.8. The van der Waals surface area contributed by atoms with Gasteiger partial charge in [0.2, 0.25) is 0 Å². The quantitative estimate of drug-likeness (QED) is 0.126. The van der Waals surface area contributed by atoms with Gasteiger partial charge in [0.15, 0.2) is 0 Å². The second-order valence-electron chi connectivity index (χ2n) is 10.3. The molecule has 0 aliphatic heterocycles. The van der Waals surface area contributed by atoms with Gasteiger partial charge in [-0.15, -0.1) is 0 Å². The highest BCUT2D eigenvalue weighted by Gasteiger charge is 2.21. The Bertz CT molecular complexity index is 1600. The predicted octanol–water partition coefficient (Wildman–Crippen LogP) is 7.98. The number of anilines is 3. The number of hydrazine groups is 1. The Morgan fingerprint density at radius 1 is 0.556 bits per heavy atom. The van der Waals surface area contributed by atoms with E-state index in [9.17, 15) is 9.59 Å². The van der Waals surface area contributed by atoms with Crippen molar-refractivity contribution >= 4 is 29.2 Å². The second-order valence-corrected chi connectivity index (χ2v) is 10.3. The summed E-state index contributed by atoms with van der Waals surface area (Å²) in [7, 11) is 0. The zero-order chi connectivity index (χ0) is 31.1. The number of nitrogens with one attached hydrogen (secondary N) is 3. The van der Waals surface area contributed by atoms with E-state index in [0.29, 0.717) is 12.2 Å². The van der Waals surface area contributed by atoms with Crippen LogP contribution in [0.25, 0.3) is 0 Å². The van der Waals surface area contributed by atoms with Gasteiger partial charge in [0.25, 0.3) is 0 Å². The van der Waals surface area contributed by atoms with Crippen molar-refractivity contribution in [2.45, 2.75) is 19.1 Å². The average Bonchev–Trinajstić information content (AvgIpc) is 3.11. The molecule has 8 nitrogen and oxygen atoms in total. The zero-order valence-corrected chi connectivity index (χ0v) is 24.8. The average molecular weight is 601 g/mol. The van der Waals surface area contributed by atoms with E-state index >= 15 is 0 Å². The number of carbonyl (C=O) groups excluding carboxylic acids is 2. The number of ether oxygens (including phenoxy) is 2. The van der Waals surface area contributed by atoms with Gasteiger partial charge in [-0.25, -0.2) is 15.0 Å². The molecule has 0 radical (unpaired) electrons. The van der Waals surface area contributed by atoms with E-state index < -0.39 is 12.2 Å². The first-order valence-electron chi connectivity index (χ1n) is 14.8. The van der Waals surface area contributed by atoms with E-state index in [-0.39, 0.29) is 19.1 Å². The standard InChI is InChI=1S/C37H36N4O4/c42-36(44-27-29-13-5-1-6-14-29)40-41(37(43)45-28-30-15-7-2-8-16-30)35-23-21-34(22-24-35)39-26-32(31-17-9-3-10-18-31)25-38-33-19-11-4-12-20-33/h1-24,32,38-39H,25-28H2,(H,40,42)/t32-/m0/s1. The van der Waals surface area contributed by atoms with E-state index in [0.717, 1.165) is 34.1 Å². The van der Waals surface area contributed by atoms with Gasteiger partial charge in [-0.1, -0.05) is 109 Å². The molecule has 228 valence electrons. The summed E-state index contributed by atoms with van der Waals surface area (Å²) >= 11 is 0. The minimum atomic E-state index is -0.783. The fourth-order valence-electron chi connectivity index (χ4n) is 4.65. The van der Waals surface area contributed by atoms with Crippen LogP contribution in [-0.4, -0.2) is 25.3 Å². The molecule has 45 heavy (non-hydrogen) atoms. The molecule has 0 fully saturated rings. The number of benzene rings is 5. The van der Waals surface area contributed by atoms with Crippen LogP contribution in [0.5, 0.6) is 0 Å². The summed E-state index contributed by atoms with van der Waals surface area (Å²) in [6.07, 6.45) is -1.53. The molecule has 5 aromatic rings. The van der Waals surface area contributed by atoms with Crippen molar-refractivity contribution in [2.24, 2.45) is 0 Å². The Morgan fingerprint density at radius 3 is 1.58 bits per heavy atom. The van der Waals surface area contributed by atoms with E-state index in [1.165, 1.54) is 5.56 Å². The van der Waals surface area contributed by atoms with Crippen molar-refractivity contribution in [1.82, 2.24) is 5.43 Å². The van der Waals surface area contributed by atoms with E-state index in [1.807, 2.05) is 109 Å². The SMILES string of the molecule is O=C(NN(C(=O)OCc1ccccc1)c1ccc(NC[C@H](CNc2ccccc2)c2ccccc2)cc1)OCc1ccccc1. The summed E-state index contributed by atoms with van der Waals surface area (Å²) in [4.78, 5) is 25.9. The molecule has 0 aliphatic carbocycles. The third-order valence-electron chi connectivity index (χ3n) is 7.08. The molecule has 1 atom stereocenters. The minimum Gasteiger partial charge on any atom is -0.443 e. The first kappa shape index (κ1) is 30.7. The summed E-state index contributed by atoms with van der Waals surface area (Å²) in [5.41, 5.74) is 7.75. The van der Waals surface area contributed by atoms with Crippen molar-refractivity contribution in [3.63, 3.8) is 0 Å². The summed E-state index contributed by atoms with van der Waals surface area (Å²) in [6.45, 7) is 1.53. The molecule has 0 saturated heterocycles. The Balaban J connectivity index is 1.24. The van der Waals surface area contributed by atoms with Gasteiger partial charge in [-0.05, 0) is 53.1 Å². The summed E-state index contributed by atoms with van der Waals surface area (Å²) in [5, 5.41) is 8.09. The highest BCUT2D eigenvalue weighted by atomic mass is 16.6. The van der Waals surface area contributed by atoms with Gasteiger partial charge in [-0.2, -0.15) is 5.01 Å². The molecule has 5 aromatic carbocycles. The highest BCUT2D eigenvalue weighted by molar-refractivity contribution is 5.90. The Morgan fingerprint density at radius 2 is 1.02 bits per heavy atom. The maximum Gasteiger partial charge on any atom is 0.433 e. The predicted molar refractivity (Wildman–Crippen MR) is 178 cm³/mol. The van der Waals surface area contributed by atoms with Crippen LogP contribution >= 0.6 is 0 Å². The lowest BCUT2D eigenvalue weighted by Crippen LogP contribution is -2.47. The third kappa shape index (κ3) is 9.62. The van der Waals surface area contributed by atoms with Gasteiger partial charge in [0.05, 0.1) is 5.69 Å². The van der Waals surface area contributed by atoms with Crippen molar-refractivity contribution in [2.75, 3.05) is 28.7 Å². The minimum absolute atomic E-state index is 0.0500. The lowest BCUT2D eigenvalue weighted by Gasteiger charge is -2.23. The van der Waals surface area contributed by atoms with E-state index in [2.05, 4.69) is 40.3 Å². The second kappa shape index (κ2) is 16.2. The molecule has 0 aliphatic rings. The monoisotopic (exact) mass is 600 g/mol. The summed E-state index contributed by atoms with van der Waals surface area (Å²) in [5.74, 6) is 0.191. The largest absolute Gasteiger partial charge is 0.443 e. The van der Waals surface area contributed by atoms with Gasteiger partial charge >= 0.3 is 12.2 Å². The van der Waals surface area contributed by atoms with E-state index in [1.54, 1.807) is 12.1 Å². The number of para-hydroxylation sites is 1. The van der Waals surface area contributed by atoms with Crippen molar-refractivity contribution in [3.8, 4) is 0 Å². The van der Waals surface area contributed by atoms with Gasteiger partial charge in [0.1, 0.15) is 13.2 Å². The fourth-order valence-corrected chi connectivity index (χ4v) is 4.65. The number of hydrogen-bond donors (Lipinski definition) is 3. The third-order valence-corrected chi connectivity index (χ3v) is 7.08. The van der Waals surface area contributed by atoms with Gasteiger partial charge < -0.3 is 20.1 Å². The maximum atomic E-state index is 13.2. The molecule has 0 unspecified atom stereocenters. The topological polar surface area (TPSA) is 91.9 Å². The molecule has 0 aromatic heterocycles. The lowest BCUT2D eigenvalue weighted by atomic mass is 9.98. The number of amides is 2. The first-order valence-corrected chi connectivity index (χ1v) is 14.8. The van der Waals surface area contributed by atoms with Crippen molar-refractivity contribution < 1.29 is 19.1 Å². The molecule has 0 spiro atoms. The summed E-state index contributed by atoms with van der Waals surface area (Å²) < 4.78 is 10.9. The smallest absolute Gasteiger partial charge is 0.433 e. The number of rotatable bonds is 12.